The number of hydrogen-bond donors (Lipinski definition) is 0. The van der Waals surface area contributed by atoms with Crippen molar-refractivity contribution in [1.29, 1.82) is 0 Å². The molecule has 400 valence electrons. The van der Waals surface area contributed by atoms with Crippen LogP contribution in [0.2, 0.25) is 0 Å². The van der Waals surface area contributed by atoms with Crippen molar-refractivity contribution in [3.8, 4) is 50.7 Å². The van der Waals surface area contributed by atoms with Gasteiger partial charge in [-0.25, -0.2) is 13.8 Å². The Morgan fingerprint density at radius 3 is 1.62 bits per heavy atom. The van der Waals surface area contributed by atoms with Gasteiger partial charge in [0.25, 0.3) is 0 Å². The number of rotatable bonds is 8. The number of halogens is 2. The smallest absolute Gasteiger partial charge is 0.137 e. The van der Waals surface area contributed by atoms with E-state index in [-0.39, 0.29) is 21.7 Å². The molecule has 79 heavy (non-hydrogen) atoms. The number of anilines is 4. The van der Waals surface area contributed by atoms with Gasteiger partial charge in [-0.05, 0) is 170 Å². The summed E-state index contributed by atoms with van der Waals surface area (Å²) < 4.78 is 40.8. The molecule has 0 amide bonds. The van der Waals surface area contributed by atoms with Crippen LogP contribution in [0.15, 0.2) is 170 Å². The predicted molar refractivity (Wildman–Crippen MR) is 328 cm³/mol. The van der Waals surface area contributed by atoms with Gasteiger partial charge in [-0.1, -0.05) is 150 Å². The summed E-state index contributed by atoms with van der Waals surface area (Å²) in [4.78, 5) is 9.64. The molecule has 8 aromatic carbocycles. The zero-order chi connectivity index (χ0) is 56.1. The van der Waals surface area contributed by atoms with Crippen LogP contribution >= 0.6 is 0 Å². The second-order valence-corrected chi connectivity index (χ2v) is 25.9. The number of aromatic nitrogens is 2. The molecule has 0 spiro atoms. The van der Waals surface area contributed by atoms with Gasteiger partial charge in [0, 0.05) is 52.0 Å². The number of nitrogens with zero attached hydrogens (tertiary/aromatic N) is 4. The first-order valence-electron chi connectivity index (χ1n) is 27.7. The first-order valence-corrected chi connectivity index (χ1v) is 27.7. The molecule has 0 aliphatic carbocycles. The third-order valence-corrected chi connectivity index (χ3v) is 15.8. The first kappa shape index (κ1) is 53.0. The van der Waals surface area contributed by atoms with Gasteiger partial charge in [-0.15, -0.1) is 0 Å². The topological polar surface area (TPSA) is 33.5 Å². The summed E-state index contributed by atoms with van der Waals surface area (Å²) in [5, 5.41) is 2.25. The predicted octanol–water partition coefficient (Wildman–Crippen LogP) is 20.3. The van der Waals surface area contributed by atoms with E-state index in [0.717, 1.165) is 101 Å². The molecule has 0 saturated heterocycles. The molecule has 0 fully saturated rings. The number of ether oxygens (including phenoxy) is 1. The second kappa shape index (κ2) is 19.4. The van der Waals surface area contributed by atoms with Gasteiger partial charge in [-0.2, -0.15) is 0 Å². The van der Waals surface area contributed by atoms with Gasteiger partial charge >= 0.3 is 0 Å². The van der Waals surface area contributed by atoms with Gasteiger partial charge in [-0.3, -0.25) is 4.57 Å². The number of fused-ring (bicyclic) bond motifs is 4. The summed E-state index contributed by atoms with van der Waals surface area (Å²) in [6, 6.07) is 56.0. The highest BCUT2D eigenvalue weighted by atomic mass is 19.1. The lowest BCUT2D eigenvalue weighted by Crippen LogP contribution is -2.25. The minimum Gasteiger partial charge on any atom is -0.457 e. The highest BCUT2D eigenvalue weighted by Crippen LogP contribution is 2.53. The maximum atomic E-state index is 15.7. The van der Waals surface area contributed by atoms with Crippen LogP contribution in [0.5, 0.6) is 11.5 Å². The van der Waals surface area contributed by atoms with Crippen LogP contribution < -0.4 is 14.5 Å². The maximum Gasteiger partial charge on any atom is 0.137 e. The van der Waals surface area contributed by atoms with Crippen molar-refractivity contribution in [3.05, 3.63) is 215 Å². The average molecular weight is 1050 g/mol. The number of para-hydroxylation sites is 3. The van der Waals surface area contributed by atoms with Crippen molar-refractivity contribution in [2.45, 2.75) is 119 Å². The highest BCUT2D eigenvalue weighted by Gasteiger charge is 2.34. The lowest BCUT2D eigenvalue weighted by molar-refractivity contribution is 0.483. The zero-order valence-electron chi connectivity index (χ0n) is 48.3. The Bertz CT molecular complexity index is 3950. The molecule has 0 bridgehead atoms. The maximum absolute atomic E-state index is 15.7. The molecular formula is C72H72F2N4O. The first-order chi connectivity index (χ1) is 37.3. The van der Waals surface area contributed by atoms with Gasteiger partial charge in [0.15, 0.2) is 0 Å². The van der Waals surface area contributed by atoms with E-state index in [0.29, 0.717) is 23.7 Å². The highest BCUT2D eigenvalue weighted by molar-refractivity contribution is 6.09. The minimum absolute atomic E-state index is 0.0633. The zero-order valence-corrected chi connectivity index (χ0v) is 48.3. The van der Waals surface area contributed by atoms with Crippen molar-refractivity contribution < 1.29 is 13.5 Å². The summed E-state index contributed by atoms with van der Waals surface area (Å²) in [5.41, 5.74) is 17.6. The van der Waals surface area contributed by atoms with Crippen LogP contribution in [0.25, 0.3) is 61.0 Å². The summed E-state index contributed by atoms with van der Waals surface area (Å²) in [5.74, 6) is 0.977. The fourth-order valence-corrected chi connectivity index (χ4v) is 11.4. The molecule has 7 heteroatoms. The van der Waals surface area contributed by atoms with Crippen molar-refractivity contribution in [1.82, 2.24) is 9.55 Å². The van der Waals surface area contributed by atoms with Crippen LogP contribution in [0.3, 0.4) is 0 Å². The summed E-state index contributed by atoms with van der Waals surface area (Å²) in [7, 11) is 0. The quantitative estimate of drug-likeness (QED) is 0.152. The summed E-state index contributed by atoms with van der Waals surface area (Å²) >= 11 is 0. The summed E-state index contributed by atoms with van der Waals surface area (Å²) in [6.45, 7) is 31.5. The molecule has 0 unspecified atom stereocenters. The van der Waals surface area contributed by atoms with E-state index in [1.54, 1.807) is 0 Å². The van der Waals surface area contributed by atoms with Crippen LogP contribution in [0.1, 0.15) is 116 Å². The lowest BCUT2D eigenvalue weighted by atomic mass is 9.77. The Labute approximate surface area is 466 Å². The van der Waals surface area contributed by atoms with E-state index >= 15 is 8.78 Å². The largest absolute Gasteiger partial charge is 0.457 e. The molecule has 10 aromatic rings. The van der Waals surface area contributed by atoms with Crippen molar-refractivity contribution in [3.63, 3.8) is 0 Å². The van der Waals surface area contributed by atoms with Crippen molar-refractivity contribution in [2.24, 2.45) is 0 Å². The van der Waals surface area contributed by atoms with Gasteiger partial charge in [0.05, 0.1) is 28.1 Å². The lowest BCUT2D eigenvalue weighted by Gasteiger charge is -2.32. The van der Waals surface area contributed by atoms with Crippen molar-refractivity contribution >= 4 is 44.6 Å². The van der Waals surface area contributed by atoms with E-state index in [4.69, 9.17) is 9.72 Å². The average Bonchev–Trinajstić information content (AvgIpc) is 4.19. The standard InChI is InChI=1S/C72H72F2N4O/c1-44-20-19-21-45(2)67(44)48-34-55(41-57(35-48)79-56-26-27-59-58-22-15-16-23-62(58)78(65(59)42-56)66-39-49(28-29-75-66)69(3,4)5)76-43-77(64-25-18-17-24-63(64)76)68-60(46-30-50(70(6,7)8)36-51(31-46)71(9,10)11)37-52(72(12,13)14)38-61(68)47-32-53(73)40-54(74)33-47/h15-42H,43H2,1-14H3. The van der Waals surface area contributed by atoms with E-state index in [1.165, 1.54) is 28.8 Å². The monoisotopic (exact) mass is 1050 g/mol. The molecule has 11 rings (SSSR count). The van der Waals surface area contributed by atoms with Crippen LogP contribution in [0.4, 0.5) is 31.5 Å². The van der Waals surface area contributed by atoms with Crippen molar-refractivity contribution in [2.75, 3.05) is 16.5 Å². The fraction of sp³-hybridized carbons (Fsp3) is 0.264. The second-order valence-electron chi connectivity index (χ2n) is 25.9. The van der Waals surface area contributed by atoms with E-state index in [9.17, 15) is 0 Å². The Balaban J connectivity index is 1.12. The van der Waals surface area contributed by atoms with Gasteiger partial charge < -0.3 is 14.5 Å². The molecule has 0 atom stereocenters. The van der Waals surface area contributed by atoms with E-state index in [1.807, 2.05) is 6.20 Å². The third-order valence-electron chi connectivity index (χ3n) is 15.8. The van der Waals surface area contributed by atoms with Crippen LogP contribution in [-0.2, 0) is 21.7 Å². The molecule has 5 nitrogen and oxygen atoms in total. The Morgan fingerprint density at radius 1 is 0.443 bits per heavy atom. The van der Waals surface area contributed by atoms with Gasteiger partial charge in [0.1, 0.15) is 35.6 Å². The fourth-order valence-electron chi connectivity index (χ4n) is 11.4. The van der Waals surface area contributed by atoms with E-state index in [2.05, 4.69) is 257 Å². The number of pyridine rings is 1. The normalized spacial score (nSPS) is 13.2. The third kappa shape index (κ3) is 10.1. The number of hydrogen-bond acceptors (Lipinski definition) is 4. The number of benzene rings is 8. The summed E-state index contributed by atoms with van der Waals surface area (Å²) in [6.07, 6.45) is 1.91. The van der Waals surface area contributed by atoms with E-state index < -0.39 is 11.6 Å². The molecule has 1 aliphatic rings. The van der Waals surface area contributed by atoms with Gasteiger partial charge in [0.2, 0.25) is 0 Å². The molecule has 0 saturated carbocycles. The minimum atomic E-state index is -0.625. The Kier molecular flexibility index (Phi) is 13.0. The molecule has 2 aromatic heterocycles. The molecule has 1 aliphatic heterocycles. The molecular weight excluding hydrogens is 975 g/mol. The Morgan fingerprint density at radius 2 is 1.00 bits per heavy atom. The SMILES string of the molecule is Cc1cccc(C)c1-c1cc(Oc2ccc3c4ccccc4n(-c4cc(C(C)(C)C)ccn4)c3c2)cc(N2CN(c3c(-c4cc(F)cc(F)c4)cc(C(C)(C)C)cc3-c3cc(C(C)(C)C)cc(C(C)(C)C)c3)c3ccccc32)c1. The van der Waals surface area contributed by atoms with Crippen LogP contribution in [0, 0.1) is 25.5 Å². The molecule has 0 N–H and O–H groups in total. The van der Waals surface area contributed by atoms with Crippen LogP contribution in [-0.4, -0.2) is 16.2 Å². The Hall–Kier alpha value is -8.03. The molecule has 0 radical (unpaired) electrons. The molecule has 3 heterocycles. The number of aryl methyl sites for hydroxylation is 2.